The molecule has 0 spiro atoms. The second kappa shape index (κ2) is 7.22. The summed E-state index contributed by atoms with van der Waals surface area (Å²) >= 11 is 0. The molecule has 0 radical (unpaired) electrons. The van der Waals surface area contributed by atoms with Gasteiger partial charge in [-0.1, -0.05) is 11.8 Å². The van der Waals surface area contributed by atoms with Crippen molar-refractivity contribution >= 4 is 17.5 Å². The minimum Gasteiger partial charge on any atom is -0.444 e. The topological polar surface area (TPSA) is 64.3 Å². The summed E-state index contributed by atoms with van der Waals surface area (Å²) in [5.74, 6) is 3.97. The largest absolute Gasteiger partial charge is 0.444 e. The lowest BCUT2D eigenvalue weighted by Gasteiger charge is -2.20. The van der Waals surface area contributed by atoms with Gasteiger partial charge in [0, 0.05) is 11.6 Å². The minimum absolute atomic E-state index is 0.0796. The van der Waals surface area contributed by atoms with Gasteiger partial charge in [0.15, 0.2) is 0 Å². The molecule has 2 aromatic rings. The van der Waals surface area contributed by atoms with Crippen molar-refractivity contribution < 1.29 is 18.3 Å². The molecule has 130 valence electrons. The van der Waals surface area contributed by atoms with Crippen LogP contribution in [-0.4, -0.2) is 11.7 Å². The molecule has 25 heavy (non-hydrogen) atoms. The molecule has 0 aromatic heterocycles. The third kappa shape index (κ3) is 5.50. The summed E-state index contributed by atoms with van der Waals surface area (Å²) in [5, 5.41) is 2.55. The first-order chi connectivity index (χ1) is 11.6. The Morgan fingerprint density at radius 3 is 2.44 bits per heavy atom. The molecule has 4 nitrogen and oxygen atoms in total. The van der Waals surface area contributed by atoms with Crippen LogP contribution in [0, 0.1) is 23.5 Å². The van der Waals surface area contributed by atoms with Gasteiger partial charge in [0.05, 0.1) is 16.9 Å². The Morgan fingerprint density at radius 1 is 1.12 bits per heavy atom. The van der Waals surface area contributed by atoms with Gasteiger partial charge >= 0.3 is 6.09 Å². The smallest absolute Gasteiger partial charge is 0.412 e. The van der Waals surface area contributed by atoms with Crippen molar-refractivity contribution in [3.63, 3.8) is 0 Å². The monoisotopic (exact) mass is 344 g/mol. The van der Waals surface area contributed by atoms with E-state index in [1.165, 1.54) is 6.07 Å². The van der Waals surface area contributed by atoms with Crippen LogP contribution in [0.5, 0.6) is 0 Å². The maximum Gasteiger partial charge on any atom is 0.412 e. The van der Waals surface area contributed by atoms with E-state index in [-0.39, 0.29) is 11.3 Å². The molecule has 0 bridgehead atoms. The van der Waals surface area contributed by atoms with E-state index in [1.807, 2.05) is 0 Å². The van der Waals surface area contributed by atoms with Crippen molar-refractivity contribution in [1.29, 1.82) is 0 Å². The summed E-state index contributed by atoms with van der Waals surface area (Å²) in [6, 6.07) is 7.91. The van der Waals surface area contributed by atoms with Crippen LogP contribution in [0.3, 0.4) is 0 Å². The number of hydrogen-bond donors (Lipinski definition) is 2. The van der Waals surface area contributed by atoms with Gasteiger partial charge in [0.25, 0.3) is 0 Å². The second-order valence-electron chi connectivity index (χ2n) is 6.30. The fraction of sp³-hybridized carbons (Fsp3) is 0.211. The Morgan fingerprint density at radius 2 is 1.84 bits per heavy atom. The Hall–Kier alpha value is -3.07. The number of hydrogen-bond acceptors (Lipinski definition) is 3. The van der Waals surface area contributed by atoms with Gasteiger partial charge in [-0.15, -0.1) is 0 Å². The van der Waals surface area contributed by atoms with Gasteiger partial charge in [-0.3, -0.25) is 5.32 Å². The molecule has 0 aliphatic rings. The predicted octanol–water partition coefficient (Wildman–Crippen LogP) is 4.29. The van der Waals surface area contributed by atoms with Gasteiger partial charge < -0.3 is 10.5 Å². The number of ether oxygens (including phenoxy) is 1. The number of rotatable bonds is 1. The van der Waals surface area contributed by atoms with Crippen molar-refractivity contribution in [2.75, 3.05) is 11.1 Å². The third-order valence-corrected chi connectivity index (χ3v) is 2.96. The summed E-state index contributed by atoms with van der Waals surface area (Å²) in [6.45, 7) is 5.26. The van der Waals surface area contributed by atoms with E-state index < -0.39 is 23.3 Å². The van der Waals surface area contributed by atoms with E-state index in [9.17, 15) is 13.6 Å². The van der Waals surface area contributed by atoms with E-state index >= 15 is 0 Å². The van der Waals surface area contributed by atoms with Gasteiger partial charge in [-0.05, 0) is 51.1 Å². The Balaban J connectivity index is 2.15. The summed E-state index contributed by atoms with van der Waals surface area (Å²) in [5.41, 5.74) is 6.54. The van der Waals surface area contributed by atoms with E-state index in [1.54, 1.807) is 39.0 Å². The molecular weight excluding hydrogens is 326 g/mol. The molecule has 0 atom stereocenters. The molecule has 2 aromatic carbocycles. The number of carbonyl (C=O) groups is 1. The molecule has 0 unspecified atom stereocenters. The standard InChI is InChI=1S/C19H18F2N2O2/c1-19(2,3)25-18(24)23-17-9-5-12(10-16(17)22)4-6-13-7-8-14(20)11-15(13)21/h5,7-11H,22H2,1-3H3,(H,23,24). The highest BCUT2D eigenvalue weighted by atomic mass is 19.1. The molecule has 3 N–H and O–H groups in total. The van der Waals surface area contributed by atoms with Gasteiger partial charge in [-0.2, -0.15) is 0 Å². The lowest BCUT2D eigenvalue weighted by Crippen LogP contribution is -2.27. The molecule has 6 heteroatoms. The van der Waals surface area contributed by atoms with Crippen LogP contribution in [0.2, 0.25) is 0 Å². The van der Waals surface area contributed by atoms with Crippen molar-refractivity contribution in [3.05, 3.63) is 59.2 Å². The molecule has 0 aliphatic carbocycles. The highest BCUT2D eigenvalue weighted by molar-refractivity contribution is 5.89. The third-order valence-electron chi connectivity index (χ3n) is 2.96. The Bertz CT molecular complexity index is 862. The molecule has 2 rings (SSSR count). The van der Waals surface area contributed by atoms with Crippen LogP contribution in [0.25, 0.3) is 0 Å². The summed E-state index contributed by atoms with van der Waals surface area (Å²) in [6.07, 6.45) is -0.619. The Labute approximate surface area is 145 Å². The highest BCUT2D eigenvalue weighted by Crippen LogP contribution is 2.21. The number of halogens is 2. The first-order valence-electron chi connectivity index (χ1n) is 7.51. The number of benzene rings is 2. The van der Waals surface area contributed by atoms with Crippen LogP contribution in [-0.2, 0) is 4.74 Å². The zero-order valence-electron chi connectivity index (χ0n) is 14.1. The van der Waals surface area contributed by atoms with Crippen molar-refractivity contribution in [1.82, 2.24) is 0 Å². The molecule has 0 saturated heterocycles. The van der Waals surface area contributed by atoms with E-state index in [2.05, 4.69) is 17.2 Å². The SMILES string of the molecule is CC(C)(C)OC(=O)Nc1ccc(C#Cc2ccc(F)cc2F)cc1N. The van der Waals surface area contributed by atoms with Crippen LogP contribution in [0.1, 0.15) is 31.9 Å². The zero-order chi connectivity index (χ0) is 18.6. The average Bonchev–Trinajstić information content (AvgIpc) is 2.47. The van der Waals surface area contributed by atoms with Crippen LogP contribution in [0.15, 0.2) is 36.4 Å². The lowest BCUT2D eigenvalue weighted by molar-refractivity contribution is 0.0636. The van der Waals surface area contributed by atoms with Crippen LogP contribution >= 0.6 is 0 Å². The van der Waals surface area contributed by atoms with Crippen molar-refractivity contribution in [2.24, 2.45) is 0 Å². The maximum atomic E-state index is 13.5. The van der Waals surface area contributed by atoms with E-state index in [4.69, 9.17) is 10.5 Å². The van der Waals surface area contributed by atoms with Gasteiger partial charge in [0.2, 0.25) is 0 Å². The molecule has 1 amide bonds. The van der Waals surface area contributed by atoms with Crippen molar-refractivity contribution in [3.8, 4) is 11.8 Å². The molecule has 0 saturated carbocycles. The normalized spacial score (nSPS) is 10.6. The second-order valence-corrected chi connectivity index (χ2v) is 6.30. The number of nitrogen functional groups attached to an aromatic ring is 1. The number of anilines is 2. The molecule has 0 fully saturated rings. The van der Waals surface area contributed by atoms with Crippen molar-refractivity contribution in [2.45, 2.75) is 26.4 Å². The lowest BCUT2D eigenvalue weighted by atomic mass is 10.1. The number of carbonyl (C=O) groups excluding carboxylic acids is 1. The van der Waals surface area contributed by atoms with Gasteiger partial charge in [-0.25, -0.2) is 13.6 Å². The minimum atomic E-state index is -0.733. The summed E-state index contributed by atoms with van der Waals surface area (Å²) in [4.78, 5) is 11.8. The van der Waals surface area contributed by atoms with Crippen LogP contribution in [0.4, 0.5) is 25.0 Å². The zero-order valence-corrected chi connectivity index (χ0v) is 14.1. The number of nitrogens with two attached hydrogens (primary N) is 1. The Kier molecular flexibility index (Phi) is 5.28. The molecular formula is C19H18F2N2O2. The summed E-state index contributed by atoms with van der Waals surface area (Å²) < 4.78 is 31.6. The maximum absolute atomic E-state index is 13.5. The van der Waals surface area contributed by atoms with Gasteiger partial charge in [0.1, 0.15) is 17.2 Å². The molecule has 0 heterocycles. The first kappa shape index (κ1) is 18.3. The number of nitrogens with one attached hydrogen (secondary N) is 1. The fourth-order valence-corrected chi connectivity index (χ4v) is 1.90. The molecule has 0 aliphatic heterocycles. The first-order valence-corrected chi connectivity index (χ1v) is 7.51. The highest BCUT2D eigenvalue weighted by Gasteiger charge is 2.16. The average molecular weight is 344 g/mol. The van der Waals surface area contributed by atoms with Crippen LogP contribution < -0.4 is 11.1 Å². The summed E-state index contributed by atoms with van der Waals surface area (Å²) in [7, 11) is 0. The van der Waals surface area contributed by atoms with E-state index in [0.717, 1.165) is 12.1 Å². The fourth-order valence-electron chi connectivity index (χ4n) is 1.90. The predicted molar refractivity (Wildman–Crippen MR) is 93.0 cm³/mol. The van der Waals surface area contributed by atoms with E-state index in [0.29, 0.717) is 11.3 Å². The quantitative estimate of drug-likeness (QED) is 0.599. The number of amides is 1.